The molecule has 1 unspecified atom stereocenters. The molecule has 1 fully saturated rings. The maximum absolute atomic E-state index is 6.43. The van der Waals surface area contributed by atoms with Gasteiger partial charge in [0, 0.05) is 19.3 Å². The number of hydrogen-bond donors (Lipinski definition) is 1. The molecule has 0 spiro atoms. The first-order valence-electron chi connectivity index (χ1n) is 7.21. The van der Waals surface area contributed by atoms with Crippen LogP contribution < -0.4 is 5.73 Å². The second-order valence-corrected chi connectivity index (χ2v) is 5.21. The minimum atomic E-state index is 0.171. The number of benzene rings is 1. The van der Waals surface area contributed by atoms with E-state index < -0.39 is 0 Å². The molecule has 1 aliphatic rings. The van der Waals surface area contributed by atoms with E-state index in [1.807, 2.05) is 0 Å². The predicted molar refractivity (Wildman–Crippen MR) is 75.7 cm³/mol. The molecule has 1 aromatic carbocycles. The zero-order chi connectivity index (χ0) is 13.0. The van der Waals surface area contributed by atoms with Gasteiger partial charge in [-0.1, -0.05) is 32.0 Å². The van der Waals surface area contributed by atoms with Crippen LogP contribution in [0.1, 0.15) is 49.4 Å². The summed E-state index contributed by atoms with van der Waals surface area (Å²) in [5, 5.41) is 0. The molecule has 1 heterocycles. The lowest BCUT2D eigenvalue weighted by molar-refractivity contribution is 0.0584. The molecule has 2 heteroatoms. The van der Waals surface area contributed by atoms with E-state index >= 15 is 0 Å². The third kappa shape index (κ3) is 2.93. The lowest BCUT2D eigenvalue weighted by Crippen LogP contribution is -2.27. The zero-order valence-electron chi connectivity index (χ0n) is 11.6. The molecule has 2 rings (SSSR count). The van der Waals surface area contributed by atoms with Crippen LogP contribution in [0.15, 0.2) is 18.2 Å². The lowest BCUT2D eigenvalue weighted by Gasteiger charge is -2.28. The fraction of sp³-hybridized carbons (Fsp3) is 0.625. The Hall–Kier alpha value is -0.860. The number of rotatable bonds is 4. The van der Waals surface area contributed by atoms with Gasteiger partial charge in [-0.05, 0) is 48.3 Å². The molecule has 1 aromatic rings. The van der Waals surface area contributed by atoms with E-state index in [1.165, 1.54) is 16.7 Å². The van der Waals surface area contributed by atoms with Crippen LogP contribution in [0.5, 0.6) is 0 Å². The monoisotopic (exact) mass is 247 g/mol. The predicted octanol–water partition coefficient (Wildman–Crippen LogP) is 3.24. The Morgan fingerprint density at radius 2 is 1.83 bits per heavy atom. The minimum absolute atomic E-state index is 0.171. The van der Waals surface area contributed by atoms with Gasteiger partial charge in [-0.2, -0.15) is 0 Å². The molecule has 0 radical (unpaired) electrons. The Kier molecular flexibility index (Phi) is 4.79. The molecular formula is C16H25NO. The molecule has 2 nitrogen and oxygen atoms in total. The second kappa shape index (κ2) is 6.35. The Labute approximate surface area is 111 Å². The van der Waals surface area contributed by atoms with Crippen LogP contribution in [-0.2, 0) is 17.6 Å². The number of hydrogen-bond acceptors (Lipinski definition) is 2. The van der Waals surface area contributed by atoms with E-state index in [-0.39, 0.29) is 6.04 Å². The SMILES string of the molecule is CCc1ccc(C(N)C2CCOCC2)cc1CC. The zero-order valence-corrected chi connectivity index (χ0v) is 11.6. The number of ether oxygens (including phenoxy) is 1. The quantitative estimate of drug-likeness (QED) is 0.886. The van der Waals surface area contributed by atoms with Crippen molar-refractivity contribution >= 4 is 0 Å². The molecule has 0 bridgehead atoms. The Morgan fingerprint density at radius 3 is 2.44 bits per heavy atom. The first-order valence-corrected chi connectivity index (χ1v) is 7.21. The second-order valence-electron chi connectivity index (χ2n) is 5.21. The van der Waals surface area contributed by atoms with E-state index in [9.17, 15) is 0 Å². The van der Waals surface area contributed by atoms with E-state index in [1.54, 1.807) is 0 Å². The summed E-state index contributed by atoms with van der Waals surface area (Å²) in [4.78, 5) is 0. The van der Waals surface area contributed by atoms with Gasteiger partial charge in [0.25, 0.3) is 0 Å². The standard InChI is InChI=1S/C16H25NO/c1-3-12-5-6-15(11-13(12)4-2)16(17)14-7-9-18-10-8-14/h5-6,11,14,16H,3-4,7-10,17H2,1-2H3. The third-order valence-electron chi connectivity index (χ3n) is 4.15. The van der Waals surface area contributed by atoms with Gasteiger partial charge >= 0.3 is 0 Å². The van der Waals surface area contributed by atoms with Crippen LogP contribution in [0, 0.1) is 5.92 Å². The first-order chi connectivity index (χ1) is 8.76. The van der Waals surface area contributed by atoms with E-state index in [4.69, 9.17) is 10.5 Å². The lowest BCUT2D eigenvalue weighted by atomic mass is 9.86. The van der Waals surface area contributed by atoms with Gasteiger partial charge in [0.05, 0.1) is 0 Å². The van der Waals surface area contributed by atoms with Crippen LogP contribution in [0.4, 0.5) is 0 Å². The van der Waals surface area contributed by atoms with Crippen LogP contribution in [-0.4, -0.2) is 13.2 Å². The van der Waals surface area contributed by atoms with Gasteiger partial charge in [-0.25, -0.2) is 0 Å². The van der Waals surface area contributed by atoms with Crippen molar-refractivity contribution in [3.8, 4) is 0 Å². The smallest absolute Gasteiger partial charge is 0.0469 e. The Bertz CT molecular complexity index is 383. The molecule has 100 valence electrons. The molecule has 0 saturated carbocycles. The van der Waals surface area contributed by atoms with Gasteiger partial charge < -0.3 is 10.5 Å². The topological polar surface area (TPSA) is 35.2 Å². The van der Waals surface area contributed by atoms with Crippen LogP contribution in [0.2, 0.25) is 0 Å². The summed E-state index contributed by atoms with van der Waals surface area (Å²) >= 11 is 0. The molecule has 1 aliphatic heterocycles. The fourth-order valence-corrected chi connectivity index (χ4v) is 2.87. The Morgan fingerprint density at radius 1 is 1.17 bits per heavy atom. The van der Waals surface area contributed by atoms with Gasteiger partial charge in [-0.15, -0.1) is 0 Å². The van der Waals surface area contributed by atoms with Crippen molar-refractivity contribution in [1.29, 1.82) is 0 Å². The molecule has 0 aromatic heterocycles. The van der Waals surface area contributed by atoms with Crippen LogP contribution in [0.3, 0.4) is 0 Å². The fourth-order valence-electron chi connectivity index (χ4n) is 2.87. The summed E-state index contributed by atoms with van der Waals surface area (Å²) in [5.74, 6) is 0.580. The average molecular weight is 247 g/mol. The van der Waals surface area contributed by atoms with Crippen molar-refractivity contribution in [2.75, 3.05) is 13.2 Å². The van der Waals surface area contributed by atoms with Crippen molar-refractivity contribution in [3.63, 3.8) is 0 Å². The minimum Gasteiger partial charge on any atom is -0.381 e. The molecule has 18 heavy (non-hydrogen) atoms. The van der Waals surface area contributed by atoms with E-state index in [2.05, 4.69) is 32.0 Å². The van der Waals surface area contributed by atoms with E-state index in [0.29, 0.717) is 5.92 Å². The summed E-state index contributed by atoms with van der Waals surface area (Å²) in [7, 11) is 0. The average Bonchev–Trinajstić information content (AvgIpc) is 2.46. The summed E-state index contributed by atoms with van der Waals surface area (Å²) in [6, 6.07) is 6.97. The number of aryl methyl sites for hydroxylation is 2. The maximum Gasteiger partial charge on any atom is 0.0469 e. The number of nitrogens with two attached hydrogens (primary N) is 1. The summed E-state index contributed by atoms with van der Waals surface area (Å²) in [6.07, 6.45) is 4.39. The van der Waals surface area contributed by atoms with Gasteiger partial charge in [0.2, 0.25) is 0 Å². The highest BCUT2D eigenvalue weighted by Gasteiger charge is 2.22. The van der Waals surface area contributed by atoms with Gasteiger partial charge in [0.1, 0.15) is 0 Å². The third-order valence-corrected chi connectivity index (χ3v) is 4.15. The molecule has 2 N–H and O–H groups in total. The highest BCUT2D eigenvalue weighted by atomic mass is 16.5. The summed E-state index contributed by atoms with van der Waals surface area (Å²) in [5.41, 5.74) is 10.6. The van der Waals surface area contributed by atoms with Crippen LogP contribution in [0.25, 0.3) is 0 Å². The molecule has 1 saturated heterocycles. The van der Waals surface area contributed by atoms with Crippen LogP contribution >= 0.6 is 0 Å². The molecular weight excluding hydrogens is 222 g/mol. The Balaban J connectivity index is 2.16. The van der Waals surface area contributed by atoms with Gasteiger partial charge in [0.15, 0.2) is 0 Å². The molecule has 0 amide bonds. The summed E-state index contributed by atoms with van der Waals surface area (Å²) in [6.45, 7) is 6.17. The van der Waals surface area contributed by atoms with Gasteiger partial charge in [-0.3, -0.25) is 0 Å². The molecule has 0 aliphatic carbocycles. The highest BCUT2D eigenvalue weighted by Crippen LogP contribution is 2.29. The van der Waals surface area contributed by atoms with Crippen molar-refractivity contribution in [3.05, 3.63) is 34.9 Å². The van der Waals surface area contributed by atoms with E-state index in [0.717, 1.165) is 38.9 Å². The largest absolute Gasteiger partial charge is 0.381 e. The van der Waals surface area contributed by atoms with Crippen molar-refractivity contribution in [2.24, 2.45) is 11.7 Å². The highest BCUT2D eigenvalue weighted by molar-refractivity contribution is 5.34. The normalized spacial score (nSPS) is 18.8. The molecule has 1 atom stereocenters. The summed E-state index contributed by atoms with van der Waals surface area (Å²) < 4.78 is 5.41. The first kappa shape index (κ1) is 13.6. The van der Waals surface area contributed by atoms with Crippen molar-refractivity contribution < 1.29 is 4.74 Å². The van der Waals surface area contributed by atoms with Crippen molar-refractivity contribution in [2.45, 2.75) is 45.6 Å². The van der Waals surface area contributed by atoms with Crippen molar-refractivity contribution in [1.82, 2.24) is 0 Å². The maximum atomic E-state index is 6.43.